The summed E-state index contributed by atoms with van der Waals surface area (Å²) < 4.78 is 5.22. The normalized spacial score (nSPS) is 13.9. The second-order valence-corrected chi connectivity index (χ2v) is 5.09. The molecule has 1 rings (SSSR count). The maximum absolute atomic E-state index is 9.99. The van der Waals surface area contributed by atoms with E-state index in [0.29, 0.717) is 16.5 Å². The van der Waals surface area contributed by atoms with Crippen LogP contribution in [-0.4, -0.2) is 23.9 Å². The Morgan fingerprint density at radius 1 is 1.31 bits per heavy atom. The summed E-state index contributed by atoms with van der Waals surface area (Å²) >= 11 is 11.7. The van der Waals surface area contributed by atoms with Crippen molar-refractivity contribution in [1.29, 1.82) is 0 Å². The first-order valence-electron chi connectivity index (χ1n) is 5.04. The molecule has 0 radical (unpaired) electrons. The van der Waals surface area contributed by atoms with Crippen molar-refractivity contribution in [2.24, 2.45) is 0 Å². The van der Waals surface area contributed by atoms with Crippen LogP contribution in [-0.2, 0) is 11.2 Å². The predicted molar refractivity (Wildman–Crippen MR) is 67.3 cm³/mol. The van der Waals surface area contributed by atoms with Gasteiger partial charge in [-0.3, -0.25) is 0 Å². The van der Waals surface area contributed by atoms with E-state index in [9.17, 15) is 5.11 Å². The van der Waals surface area contributed by atoms with Crippen LogP contribution in [0.4, 0.5) is 0 Å². The Labute approximate surface area is 106 Å². The van der Waals surface area contributed by atoms with E-state index in [1.54, 1.807) is 19.2 Å². The standard InChI is InChI=1S/C12H16Cl2O2/c1-12(2,16-3)11(15)7-8-4-5-9(13)10(14)6-8/h4-6,11,15H,7H2,1-3H3. The Kier molecular flexibility index (Phi) is 4.62. The van der Waals surface area contributed by atoms with Crippen molar-refractivity contribution < 1.29 is 9.84 Å². The lowest BCUT2D eigenvalue weighted by Gasteiger charge is -2.29. The van der Waals surface area contributed by atoms with Crippen LogP contribution < -0.4 is 0 Å². The summed E-state index contributed by atoms with van der Waals surface area (Å²) in [5.41, 5.74) is 0.360. The van der Waals surface area contributed by atoms with E-state index in [1.165, 1.54) is 0 Å². The lowest BCUT2D eigenvalue weighted by atomic mass is 9.95. The lowest BCUT2D eigenvalue weighted by molar-refractivity contribution is -0.0764. The van der Waals surface area contributed by atoms with Crippen LogP contribution in [0.5, 0.6) is 0 Å². The molecular weight excluding hydrogens is 247 g/mol. The number of ether oxygens (including phenoxy) is 1. The van der Waals surface area contributed by atoms with E-state index in [2.05, 4.69) is 0 Å². The van der Waals surface area contributed by atoms with Crippen molar-refractivity contribution in [3.05, 3.63) is 33.8 Å². The van der Waals surface area contributed by atoms with Crippen molar-refractivity contribution in [2.75, 3.05) is 7.11 Å². The van der Waals surface area contributed by atoms with Gasteiger partial charge in [0.15, 0.2) is 0 Å². The largest absolute Gasteiger partial charge is 0.390 e. The third-order valence-electron chi connectivity index (χ3n) is 2.74. The minimum atomic E-state index is -0.588. The van der Waals surface area contributed by atoms with E-state index < -0.39 is 11.7 Å². The SMILES string of the molecule is COC(C)(C)C(O)Cc1ccc(Cl)c(Cl)c1. The Bertz CT molecular complexity index is 364. The van der Waals surface area contributed by atoms with Gasteiger partial charge in [0, 0.05) is 13.5 Å². The molecule has 0 aliphatic heterocycles. The van der Waals surface area contributed by atoms with Gasteiger partial charge < -0.3 is 9.84 Å². The molecule has 1 aromatic carbocycles. The van der Waals surface area contributed by atoms with Gasteiger partial charge in [-0.05, 0) is 31.5 Å². The second kappa shape index (κ2) is 5.37. The third-order valence-corrected chi connectivity index (χ3v) is 3.48. The Hall–Kier alpha value is -0.280. The molecule has 0 fully saturated rings. The molecule has 16 heavy (non-hydrogen) atoms. The second-order valence-electron chi connectivity index (χ2n) is 4.28. The summed E-state index contributed by atoms with van der Waals surface area (Å²) in [5, 5.41) is 11.0. The average Bonchev–Trinajstić information content (AvgIpc) is 2.23. The first-order chi connectivity index (χ1) is 7.36. The molecule has 2 nitrogen and oxygen atoms in total. The van der Waals surface area contributed by atoms with E-state index in [1.807, 2.05) is 19.9 Å². The Morgan fingerprint density at radius 3 is 2.44 bits per heavy atom. The first kappa shape index (κ1) is 13.8. The molecule has 1 atom stereocenters. The van der Waals surface area contributed by atoms with Gasteiger partial charge in [-0.1, -0.05) is 29.3 Å². The number of hydrogen-bond donors (Lipinski definition) is 1. The van der Waals surface area contributed by atoms with Crippen molar-refractivity contribution in [3.8, 4) is 0 Å². The monoisotopic (exact) mass is 262 g/mol. The van der Waals surface area contributed by atoms with Gasteiger partial charge in [0.1, 0.15) is 0 Å². The minimum Gasteiger partial charge on any atom is -0.390 e. The molecular formula is C12H16Cl2O2. The zero-order valence-electron chi connectivity index (χ0n) is 9.63. The number of benzene rings is 1. The van der Waals surface area contributed by atoms with Crippen LogP contribution in [0.1, 0.15) is 19.4 Å². The highest BCUT2D eigenvalue weighted by Crippen LogP contribution is 2.25. The molecule has 1 N–H and O–H groups in total. The summed E-state index contributed by atoms with van der Waals surface area (Å²) in [6.45, 7) is 3.68. The zero-order valence-corrected chi connectivity index (χ0v) is 11.1. The minimum absolute atomic E-state index is 0.484. The molecule has 1 aromatic rings. The predicted octanol–water partition coefficient (Wildman–Crippen LogP) is 3.32. The number of methoxy groups -OCH3 is 1. The maximum atomic E-state index is 9.99. The first-order valence-corrected chi connectivity index (χ1v) is 5.79. The molecule has 1 unspecified atom stereocenters. The van der Waals surface area contributed by atoms with Crippen molar-refractivity contribution in [3.63, 3.8) is 0 Å². The van der Waals surface area contributed by atoms with Crippen LogP contribution in [0.25, 0.3) is 0 Å². The van der Waals surface area contributed by atoms with E-state index >= 15 is 0 Å². The van der Waals surface area contributed by atoms with Crippen LogP contribution in [0.3, 0.4) is 0 Å². The fourth-order valence-corrected chi connectivity index (χ4v) is 1.59. The van der Waals surface area contributed by atoms with Gasteiger partial charge in [-0.2, -0.15) is 0 Å². The van der Waals surface area contributed by atoms with Crippen LogP contribution in [0.15, 0.2) is 18.2 Å². The molecule has 0 aliphatic rings. The molecule has 0 bridgehead atoms. The van der Waals surface area contributed by atoms with Crippen LogP contribution in [0, 0.1) is 0 Å². The summed E-state index contributed by atoms with van der Waals surface area (Å²) in [5.74, 6) is 0. The summed E-state index contributed by atoms with van der Waals surface area (Å²) in [7, 11) is 1.58. The molecule has 0 saturated heterocycles. The smallest absolute Gasteiger partial charge is 0.0883 e. The summed E-state index contributed by atoms with van der Waals surface area (Å²) in [6, 6.07) is 5.34. The quantitative estimate of drug-likeness (QED) is 0.902. The number of halogens is 2. The molecule has 0 aromatic heterocycles. The fraction of sp³-hybridized carbons (Fsp3) is 0.500. The highest BCUT2D eigenvalue weighted by molar-refractivity contribution is 6.42. The molecule has 0 amide bonds. The number of aliphatic hydroxyl groups excluding tert-OH is 1. The van der Waals surface area contributed by atoms with Crippen LogP contribution >= 0.6 is 23.2 Å². The van der Waals surface area contributed by atoms with E-state index in [-0.39, 0.29) is 0 Å². The van der Waals surface area contributed by atoms with Crippen molar-refractivity contribution in [2.45, 2.75) is 32.0 Å². The fourth-order valence-electron chi connectivity index (χ4n) is 1.27. The van der Waals surface area contributed by atoms with Crippen molar-refractivity contribution in [1.82, 2.24) is 0 Å². The molecule has 0 heterocycles. The summed E-state index contributed by atoms with van der Waals surface area (Å²) in [6.07, 6.45) is -0.104. The average molecular weight is 263 g/mol. The zero-order chi connectivity index (χ0) is 12.3. The number of rotatable bonds is 4. The van der Waals surface area contributed by atoms with Gasteiger partial charge in [0.05, 0.1) is 21.8 Å². The van der Waals surface area contributed by atoms with Gasteiger partial charge in [0.25, 0.3) is 0 Å². The van der Waals surface area contributed by atoms with E-state index in [0.717, 1.165) is 5.56 Å². The van der Waals surface area contributed by atoms with Crippen molar-refractivity contribution >= 4 is 23.2 Å². The Balaban J connectivity index is 2.77. The molecule has 0 spiro atoms. The van der Waals surface area contributed by atoms with Crippen LogP contribution in [0.2, 0.25) is 10.0 Å². The number of aliphatic hydroxyl groups is 1. The lowest BCUT2D eigenvalue weighted by Crippen LogP contribution is -2.39. The molecule has 4 heteroatoms. The molecule has 0 aliphatic carbocycles. The van der Waals surface area contributed by atoms with Gasteiger partial charge in [-0.15, -0.1) is 0 Å². The summed E-state index contributed by atoms with van der Waals surface area (Å²) in [4.78, 5) is 0. The topological polar surface area (TPSA) is 29.5 Å². The Morgan fingerprint density at radius 2 is 1.94 bits per heavy atom. The maximum Gasteiger partial charge on any atom is 0.0883 e. The van der Waals surface area contributed by atoms with Gasteiger partial charge >= 0.3 is 0 Å². The molecule has 0 saturated carbocycles. The highest BCUT2D eigenvalue weighted by Gasteiger charge is 2.27. The molecule has 90 valence electrons. The highest BCUT2D eigenvalue weighted by atomic mass is 35.5. The van der Waals surface area contributed by atoms with Gasteiger partial charge in [-0.25, -0.2) is 0 Å². The van der Waals surface area contributed by atoms with E-state index in [4.69, 9.17) is 27.9 Å². The third kappa shape index (κ3) is 3.36. The number of hydrogen-bond acceptors (Lipinski definition) is 2. The van der Waals surface area contributed by atoms with Gasteiger partial charge in [0.2, 0.25) is 0 Å².